The van der Waals surface area contributed by atoms with Gasteiger partial charge in [-0.25, -0.2) is 4.98 Å². The Balaban J connectivity index is 1.96. The minimum absolute atomic E-state index is 0.113. The summed E-state index contributed by atoms with van der Waals surface area (Å²) in [6.45, 7) is 3.17. The van der Waals surface area contributed by atoms with Gasteiger partial charge < -0.3 is 14.8 Å². The van der Waals surface area contributed by atoms with Gasteiger partial charge in [-0.1, -0.05) is 6.07 Å². The first-order valence-corrected chi connectivity index (χ1v) is 6.83. The summed E-state index contributed by atoms with van der Waals surface area (Å²) in [4.78, 5) is 16.5. The summed E-state index contributed by atoms with van der Waals surface area (Å²) in [5, 5.41) is 3.36. The second-order valence-electron chi connectivity index (χ2n) is 4.49. The van der Waals surface area contributed by atoms with E-state index in [1.165, 1.54) is 11.3 Å². The number of hydrogen-bond acceptors (Lipinski definition) is 5. The SMILES string of the molecule is COc1ccc(C)c2sc(C(=O)NC3COC3)nc12. The number of hydrogen-bond donors (Lipinski definition) is 1. The summed E-state index contributed by atoms with van der Waals surface area (Å²) in [7, 11) is 1.61. The van der Waals surface area contributed by atoms with E-state index >= 15 is 0 Å². The van der Waals surface area contributed by atoms with Crippen molar-refractivity contribution in [2.45, 2.75) is 13.0 Å². The number of aryl methyl sites for hydroxylation is 1. The normalized spacial score (nSPS) is 15.3. The van der Waals surface area contributed by atoms with Crippen LogP contribution in [0.15, 0.2) is 12.1 Å². The number of thiazole rings is 1. The van der Waals surface area contributed by atoms with Crippen LogP contribution >= 0.6 is 11.3 Å². The summed E-state index contributed by atoms with van der Waals surface area (Å²) in [6.07, 6.45) is 0. The van der Waals surface area contributed by atoms with Gasteiger partial charge in [-0.05, 0) is 18.6 Å². The summed E-state index contributed by atoms with van der Waals surface area (Å²) in [5.41, 5.74) is 1.85. The minimum Gasteiger partial charge on any atom is -0.494 e. The Hall–Kier alpha value is -1.66. The molecule has 0 bridgehead atoms. The van der Waals surface area contributed by atoms with E-state index in [0.717, 1.165) is 15.8 Å². The Bertz CT molecular complexity index is 634. The maximum absolute atomic E-state index is 12.1. The standard InChI is InChI=1S/C13H14N2O3S/c1-7-3-4-9(17-2)10-11(7)19-13(15-10)12(16)14-8-5-18-6-8/h3-4,8H,5-6H2,1-2H3,(H,14,16). The van der Waals surface area contributed by atoms with Crippen LogP contribution in [-0.2, 0) is 4.74 Å². The van der Waals surface area contributed by atoms with E-state index in [9.17, 15) is 4.79 Å². The van der Waals surface area contributed by atoms with Crippen LogP contribution in [0.1, 0.15) is 15.4 Å². The number of ether oxygens (including phenoxy) is 2. The van der Waals surface area contributed by atoms with Crippen molar-refractivity contribution in [1.29, 1.82) is 0 Å². The number of carbonyl (C=O) groups excluding carboxylic acids is 1. The number of methoxy groups -OCH3 is 1. The van der Waals surface area contributed by atoms with E-state index in [1.807, 2.05) is 19.1 Å². The van der Waals surface area contributed by atoms with Crippen LogP contribution in [0, 0.1) is 6.92 Å². The van der Waals surface area contributed by atoms with Gasteiger partial charge in [-0.2, -0.15) is 0 Å². The minimum atomic E-state index is -0.143. The molecule has 1 amide bonds. The van der Waals surface area contributed by atoms with Gasteiger partial charge in [-0.3, -0.25) is 4.79 Å². The summed E-state index contributed by atoms with van der Waals surface area (Å²) >= 11 is 1.39. The van der Waals surface area contributed by atoms with E-state index < -0.39 is 0 Å². The molecule has 1 aromatic heterocycles. The lowest BCUT2D eigenvalue weighted by Gasteiger charge is -2.26. The van der Waals surface area contributed by atoms with Crippen molar-refractivity contribution in [2.75, 3.05) is 20.3 Å². The van der Waals surface area contributed by atoms with Crippen molar-refractivity contribution in [2.24, 2.45) is 0 Å². The molecule has 1 aromatic carbocycles. The second-order valence-corrected chi connectivity index (χ2v) is 5.49. The van der Waals surface area contributed by atoms with Crippen LogP contribution in [0.4, 0.5) is 0 Å². The molecule has 1 saturated heterocycles. The fourth-order valence-corrected chi connectivity index (χ4v) is 2.89. The third kappa shape index (κ3) is 2.17. The molecule has 0 radical (unpaired) electrons. The lowest BCUT2D eigenvalue weighted by molar-refractivity contribution is -0.00346. The van der Waals surface area contributed by atoms with Gasteiger partial charge >= 0.3 is 0 Å². The van der Waals surface area contributed by atoms with E-state index in [4.69, 9.17) is 9.47 Å². The van der Waals surface area contributed by atoms with Crippen LogP contribution in [-0.4, -0.2) is 37.3 Å². The highest BCUT2D eigenvalue weighted by atomic mass is 32.1. The van der Waals surface area contributed by atoms with Crippen molar-refractivity contribution < 1.29 is 14.3 Å². The van der Waals surface area contributed by atoms with Gasteiger partial charge in [0.05, 0.1) is 31.1 Å². The zero-order valence-corrected chi connectivity index (χ0v) is 11.5. The molecule has 5 nitrogen and oxygen atoms in total. The smallest absolute Gasteiger partial charge is 0.280 e. The zero-order chi connectivity index (χ0) is 13.4. The largest absolute Gasteiger partial charge is 0.494 e. The summed E-state index contributed by atoms with van der Waals surface area (Å²) in [6, 6.07) is 3.96. The predicted molar refractivity (Wildman–Crippen MR) is 73.0 cm³/mol. The molecule has 6 heteroatoms. The van der Waals surface area contributed by atoms with Crippen molar-refractivity contribution in [3.8, 4) is 5.75 Å². The molecule has 2 heterocycles. The molecule has 0 saturated carbocycles. The van der Waals surface area contributed by atoms with Gasteiger partial charge in [0.2, 0.25) is 0 Å². The average molecular weight is 278 g/mol. The van der Waals surface area contributed by atoms with Gasteiger partial charge in [0.25, 0.3) is 5.91 Å². The third-order valence-corrected chi connectivity index (χ3v) is 4.28. The van der Waals surface area contributed by atoms with Crippen molar-refractivity contribution >= 4 is 27.5 Å². The first-order chi connectivity index (χ1) is 9.19. The number of rotatable bonds is 3. The van der Waals surface area contributed by atoms with E-state index in [2.05, 4.69) is 10.3 Å². The topological polar surface area (TPSA) is 60.5 Å². The number of amides is 1. The molecular weight excluding hydrogens is 264 g/mol. The van der Waals surface area contributed by atoms with Gasteiger partial charge in [-0.15, -0.1) is 11.3 Å². The number of fused-ring (bicyclic) bond motifs is 1. The molecule has 0 atom stereocenters. The number of nitrogens with one attached hydrogen (secondary N) is 1. The maximum atomic E-state index is 12.1. The quantitative estimate of drug-likeness (QED) is 0.929. The number of aromatic nitrogens is 1. The van der Waals surface area contributed by atoms with Gasteiger partial charge in [0.15, 0.2) is 5.01 Å². The molecule has 1 fully saturated rings. The van der Waals surface area contributed by atoms with E-state index in [-0.39, 0.29) is 11.9 Å². The highest BCUT2D eigenvalue weighted by Crippen LogP contribution is 2.32. The van der Waals surface area contributed by atoms with Gasteiger partial charge in [0, 0.05) is 0 Å². The van der Waals surface area contributed by atoms with E-state index in [1.54, 1.807) is 7.11 Å². The Morgan fingerprint density at radius 1 is 1.53 bits per heavy atom. The molecule has 2 aromatic rings. The Morgan fingerprint density at radius 2 is 2.32 bits per heavy atom. The Kier molecular flexibility index (Phi) is 3.12. The molecule has 19 heavy (non-hydrogen) atoms. The van der Waals surface area contributed by atoms with Gasteiger partial charge in [0.1, 0.15) is 11.3 Å². The molecule has 0 spiro atoms. The second kappa shape index (κ2) is 4.79. The Labute approximate surface area is 114 Å². The lowest BCUT2D eigenvalue weighted by atomic mass is 10.2. The monoisotopic (exact) mass is 278 g/mol. The molecule has 1 aliphatic heterocycles. The fraction of sp³-hybridized carbons (Fsp3) is 0.385. The fourth-order valence-electron chi connectivity index (χ4n) is 1.94. The van der Waals surface area contributed by atoms with Crippen LogP contribution in [0.2, 0.25) is 0 Å². The van der Waals surface area contributed by atoms with Crippen LogP contribution in [0.25, 0.3) is 10.2 Å². The molecule has 1 aliphatic rings. The van der Waals surface area contributed by atoms with Crippen LogP contribution in [0.3, 0.4) is 0 Å². The highest BCUT2D eigenvalue weighted by molar-refractivity contribution is 7.20. The molecule has 0 unspecified atom stereocenters. The van der Waals surface area contributed by atoms with Crippen molar-refractivity contribution in [3.63, 3.8) is 0 Å². The Morgan fingerprint density at radius 3 is 2.95 bits per heavy atom. The molecular formula is C13H14N2O3S. The molecule has 3 rings (SSSR count). The first-order valence-electron chi connectivity index (χ1n) is 6.02. The average Bonchev–Trinajstić information content (AvgIpc) is 2.80. The molecule has 0 aliphatic carbocycles. The predicted octanol–water partition coefficient (Wildman–Crippen LogP) is 1.74. The van der Waals surface area contributed by atoms with Crippen molar-refractivity contribution in [3.05, 3.63) is 22.7 Å². The van der Waals surface area contributed by atoms with E-state index in [0.29, 0.717) is 24.0 Å². The highest BCUT2D eigenvalue weighted by Gasteiger charge is 2.23. The zero-order valence-electron chi connectivity index (χ0n) is 10.7. The molecule has 1 N–H and O–H groups in total. The molecule has 100 valence electrons. The summed E-state index contributed by atoms with van der Waals surface area (Å²) in [5.74, 6) is 0.554. The maximum Gasteiger partial charge on any atom is 0.280 e. The number of benzene rings is 1. The van der Waals surface area contributed by atoms with Crippen LogP contribution in [0.5, 0.6) is 5.75 Å². The number of nitrogens with zero attached hydrogens (tertiary/aromatic N) is 1. The van der Waals surface area contributed by atoms with Crippen molar-refractivity contribution in [1.82, 2.24) is 10.3 Å². The van der Waals surface area contributed by atoms with Crippen LogP contribution < -0.4 is 10.1 Å². The third-order valence-electron chi connectivity index (χ3n) is 3.09. The summed E-state index contributed by atoms with van der Waals surface area (Å²) < 4.78 is 11.3. The lowest BCUT2D eigenvalue weighted by Crippen LogP contribution is -2.48. The first kappa shape index (κ1) is 12.4. The number of carbonyl (C=O) groups is 1.